The van der Waals surface area contributed by atoms with Crippen LogP contribution >= 0.6 is 0 Å². The van der Waals surface area contributed by atoms with Crippen LogP contribution in [-0.2, 0) is 4.84 Å². The van der Waals surface area contributed by atoms with Crippen molar-refractivity contribution in [3.05, 3.63) is 11.3 Å². The van der Waals surface area contributed by atoms with Crippen molar-refractivity contribution >= 4 is 6.21 Å². The Bertz CT molecular complexity index is 285. The molecule has 70 valence electrons. The summed E-state index contributed by atoms with van der Waals surface area (Å²) in [7, 11) is 0. The Hall–Kier alpha value is -1.03. The third-order valence-corrected chi connectivity index (χ3v) is 3.05. The first kappa shape index (κ1) is 7.38. The molecular formula is C9H13N3O. The molecular weight excluding hydrogens is 166 g/mol. The minimum atomic E-state index is 0.408. The highest BCUT2D eigenvalue weighted by Crippen LogP contribution is 2.35. The van der Waals surface area contributed by atoms with Crippen LogP contribution in [0.2, 0.25) is 0 Å². The number of hydrogen-bond acceptors (Lipinski definition) is 4. The van der Waals surface area contributed by atoms with E-state index in [9.17, 15) is 0 Å². The van der Waals surface area contributed by atoms with Gasteiger partial charge in [-0.1, -0.05) is 0 Å². The van der Waals surface area contributed by atoms with E-state index in [-0.39, 0.29) is 0 Å². The Labute approximate surface area is 77.0 Å². The maximum absolute atomic E-state index is 5.49. The van der Waals surface area contributed by atoms with Gasteiger partial charge in [0.1, 0.15) is 5.76 Å². The second kappa shape index (κ2) is 2.73. The van der Waals surface area contributed by atoms with Crippen LogP contribution in [0.25, 0.3) is 0 Å². The molecule has 3 aliphatic rings. The Morgan fingerprint density at radius 2 is 2.38 bits per heavy atom. The number of fused-ring (bicyclic) bond motifs is 2. The highest BCUT2D eigenvalue weighted by atomic mass is 16.6. The van der Waals surface area contributed by atoms with Crippen molar-refractivity contribution in [1.29, 1.82) is 0 Å². The quantitative estimate of drug-likeness (QED) is 0.570. The van der Waals surface area contributed by atoms with Gasteiger partial charge >= 0.3 is 0 Å². The van der Waals surface area contributed by atoms with Gasteiger partial charge in [0.05, 0.1) is 12.3 Å². The summed E-state index contributed by atoms with van der Waals surface area (Å²) in [5.74, 6) is 1.75. The van der Waals surface area contributed by atoms with Crippen molar-refractivity contribution in [2.24, 2.45) is 11.0 Å². The van der Waals surface area contributed by atoms with Gasteiger partial charge in [-0.15, -0.1) is 0 Å². The number of hydrogen-bond donors (Lipinski definition) is 2. The molecule has 0 amide bonds. The zero-order chi connectivity index (χ0) is 8.67. The highest BCUT2D eigenvalue weighted by Gasteiger charge is 2.34. The summed E-state index contributed by atoms with van der Waals surface area (Å²) in [6, 6.07) is 0.408. The van der Waals surface area contributed by atoms with Crippen molar-refractivity contribution in [2.45, 2.75) is 25.3 Å². The van der Waals surface area contributed by atoms with Gasteiger partial charge in [-0.25, -0.2) is 0 Å². The van der Waals surface area contributed by atoms with Crippen LogP contribution in [0, 0.1) is 5.92 Å². The molecule has 0 saturated carbocycles. The van der Waals surface area contributed by atoms with Crippen LogP contribution in [0.4, 0.5) is 0 Å². The molecule has 0 aromatic carbocycles. The number of allylic oxidation sites excluding steroid dienone is 1. The lowest BCUT2D eigenvalue weighted by molar-refractivity contribution is 0.0349. The molecule has 2 aliphatic heterocycles. The monoisotopic (exact) mass is 179 g/mol. The lowest BCUT2D eigenvalue weighted by atomic mass is 9.84. The van der Waals surface area contributed by atoms with E-state index in [2.05, 4.69) is 16.0 Å². The number of hydroxylamine groups is 1. The standard InChI is InChI=1S/C9H13N3O/c1-2-8-7(5-10-12-8)9-6(1)3-4-11-13-9/h5-6,8,11-12H,1-4H2. The van der Waals surface area contributed by atoms with Crippen LogP contribution in [0.15, 0.2) is 16.4 Å². The highest BCUT2D eigenvalue weighted by molar-refractivity contribution is 5.83. The van der Waals surface area contributed by atoms with Gasteiger partial charge in [0.2, 0.25) is 0 Å². The molecule has 2 heterocycles. The smallest absolute Gasteiger partial charge is 0.134 e. The fraction of sp³-hybridized carbons (Fsp3) is 0.667. The average molecular weight is 179 g/mol. The SMILES string of the molecule is C1=NNC2CCC3CCNOC3=C12. The van der Waals surface area contributed by atoms with Crippen LogP contribution in [0.3, 0.4) is 0 Å². The zero-order valence-electron chi connectivity index (χ0n) is 7.42. The van der Waals surface area contributed by atoms with E-state index in [0.717, 1.165) is 12.3 Å². The van der Waals surface area contributed by atoms with Crippen molar-refractivity contribution in [3.63, 3.8) is 0 Å². The fourth-order valence-electron chi connectivity index (χ4n) is 2.33. The van der Waals surface area contributed by atoms with E-state index in [1.807, 2.05) is 6.21 Å². The summed E-state index contributed by atoms with van der Waals surface area (Å²) in [4.78, 5) is 5.49. The normalized spacial score (nSPS) is 36.3. The summed E-state index contributed by atoms with van der Waals surface area (Å²) in [5, 5.41) is 4.08. The molecule has 0 radical (unpaired) electrons. The van der Waals surface area contributed by atoms with Crippen LogP contribution in [-0.4, -0.2) is 18.8 Å². The molecule has 13 heavy (non-hydrogen) atoms. The number of hydrazone groups is 1. The minimum absolute atomic E-state index is 0.408. The molecule has 1 saturated heterocycles. The molecule has 2 unspecified atom stereocenters. The molecule has 0 spiro atoms. The second-order valence-corrected chi connectivity index (χ2v) is 3.82. The maximum Gasteiger partial charge on any atom is 0.134 e. The molecule has 0 aromatic heterocycles. The van der Waals surface area contributed by atoms with Gasteiger partial charge < -0.3 is 10.3 Å². The van der Waals surface area contributed by atoms with E-state index in [0.29, 0.717) is 12.0 Å². The molecule has 1 aliphatic carbocycles. The fourth-order valence-corrected chi connectivity index (χ4v) is 2.33. The van der Waals surface area contributed by atoms with Gasteiger partial charge in [-0.2, -0.15) is 10.6 Å². The van der Waals surface area contributed by atoms with Crippen LogP contribution in [0.5, 0.6) is 0 Å². The van der Waals surface area contributed by atoms with E-state index >= 15 is 0 Å². The summed E-state index contributed by atoms with van der Waals surface area (Å²) in [6.07, 6.45) is 5.51. The first-order valence-corrected chi connectivity index (χ1v) is 4.87. The minimum Gasteiger partial charge on any atom is -0.412 e. The largest absolute Gasteiger partial charge is 0.412 e. The van der Waals surface area contributed by atoms with E-state index < -0.39 is 0 Å². The van der Waals surface area contributed by atoms with Gasteiger partial charge in [-0.05, 0) is 19.3 Å². The maximum atomic E-state index is 5.49. The van der Waals surface area contributed by atoms with Gasteiger partial charge in [0.25, 0.3) is 0 Å². The summed E-state index contributed by atoms with van der Waals surface area (Å²) in [5.41, 5.74) is 7.30. The van der Waals surface area contributed by atoms with Crippen molar-refractivity contribution in [3.8, 4) is 0 Å². The summed E-state index contributed by atoms with van der Waals surface area (Å²) < 4.78 is 0. The molecule has 4 heteroatoms. The summed E-state index contributed by atoms with van der Waals surface area (Å²) >= 11 is 0. The molecule has 4 nitrogen and oxygen atoms in total. The molecule has 3 rings (SSSR count). The Balaban J connectivity index is 1.98. The molecule has 2 atom stereocenters. The van der Waals surface area contributed by atoms with Gasteiger partial charge in [0, 0.05) is 18.0 Å². The first-order chi connectivity index (χ1) is 6.45. The van der Waals surface area contributed by atoms with E-state index in [1.165, 1.54) is 24.8 Å². The van der Waals surface area contributed by atoms with Gasteiger partial charge in [-0.3, -0.25) is 0 Å². The number of rotatable bonds is 0. The number of nitrogens with zero attached hydrogens (tertiary/aromatic N) is 1. The van der Waals surface area contributed by atoms with Crippen molar-refractivity contribution in [1.82, 2.24) is 10.9 Å². The lowest BCUT2D eigenvalue weighted by Crippen LogP contribution is -2.36. The number of nitrogens with one attached hydrogen (secondary N) is 2. The lowest BCUT2D eigenvalue weighted by Gasteiger charge is -2.32. The van der Waals surface area contributed by atoms with Crippen LogP contribution in [0.1, 0.15) is 19.3 Å². The van der Waals surface area contributed by atoms with Crippen molar-refractivity contribution < 1.29 is 4.84 Å². The van der Waals surface area contributed by atoms with E-state index in [4.69, 9.17) is 4.84 Å². The van der Waals surface area contributed by atoms with Crippen molar-refractivity contribution in [2.75, 3.05) is 6.54 Å². The Morgan fingerprint density at radius 1 is 1.38 bits per heavy atom. The van der Waals surface area contributed by atoms with Gasteiger partial charge in [0.15, 0.2) is 0 Å². The van der Waals surface area contributed by atoms with Crippen LogP contribution < -0.4 is 10.9 Å². The second-order valence-electron chi connectivity index (χ2n) is 3.82. The molecule has 1 fully saturated rings. The van der Waals surface area contributed by atoms with E-state index in [1.54, 1.807) is 0 Å². The first-order valence-electron chi connectivity index (χ1n) is 4.87. The Kier molecular flexibility index (Phi) is 1.55. The zero-order valence-corrected chi connectivity index (χ0v) is 7.42. The topological polar surface area (TPSA) is 45.7 Å². The predicted molar refractivity (Wildman–Crippen MR) is 48.9 cm³/mol. The molecule has 0 aromatic rings. The third kappa shape index (κ3) is 1.05. The Morgan fingerprint density at radius 3 is 3.38 bits per heavy atom. The molecule has 0 bridgehead atoms. The third-order valence-electron chi connectivity index (χ3n) is 3.05. The average Bonchev–Trinajstić information content (AvgIpc) is 2.65. The summed E-state index contributed by atoms with van der Waals surface area (Å²) in [6.45, 7) is 0.969. The molecule has 2 N–H and O–H groups in total. The predicted octanol–water partition coefficient (Wildman–Crippen LogP) is 0.533.